The van der Waals surface area contributed by atoms with Crippen molar-refractivity contribution >= 4 is 15.6 Å². The summed E-state index contributed by atoms with van der Waals surface area (Å²) in [5.74, 6) is 0. The van der Waals surface area contributed by atoms with Crippen molar-refractivity contribution in [3.8, 4) is 0 Å². The van der Waals surface area contributed by atoms with E-state index in [2.05, 4.69) is 13.4 Å². The quantitative estimate of drug-likeness (QED) is 0.663. The normalized spacial score (nSPS) is 21.3. The van der Waals surface area contributed by atoms with Gasteiger partial charge >= 0.3 is 15.6 Å². The number of hydrogen-bond acceptors (Lipinski definition) is 5. The molecule has 0 radical (unpaired) electrons. The Bertz CT molecular complexity index is 225. The molecule has 0 aliphatic carbocycles. The van der Waals surface area contributed by atoms with Crippen LogP contribution in [0.25, 0.3) is 0 Å². The summed E-state index contributed by atoms with van der Waals surface area (Å²) in [6.45, 7) is 1.32. The van der Waals surface area contributed by atoms with E-state index in [4.69, 9.17) is 9.79 Å². The van der Waals surface area contributed by atoms with E-state index in [0.29, 0.717) is 0 Å². The Labute approximate surface area is 69.5 Å². The van der Waals surface area contributed by atoms with E-state index in [1.54, 1.807) is 0 Å². The molecule has 2 unspecified atom stereocenters. The van der Waals surface area contributed by atoms with Crippen LogP contribution in [0.15, 0.2) is 0 Å². The molecule has 2 atom stereocenters. The first-order chi connectivity index (χ1) is 5.33. The van der Waals surface area contributed by atoms with Crippen LogP contribution in [0.1, 0.15) is 6.92 Å². The predicted octanol–water partition coefficient (Wildman–Crippen LogP) is 0.887. The third-order valence-corrected chi connectivity index (χ3v) is 3.43. The van der Waals surface area contributed by atoms with Crippen LogP contribution in [0, 0.1) is 0 Å². The van der Waals surface area contributed by atoms with Gasteiger partial charge in [0.05, 0.1) is 6.61 Å². The molecule has 0 saturated heterocycles. The summed E-state index contributed by atoms with van der Waals surface area (Å²) in [4.78, 5) is 17.3. The summed E-state index contributed by atoms with van der Waals surface area (Å²) < 4.78 is 33.1. The molecule has 0 aliphatic rings. The molecule has 0 aromatic rings. The van der Waals surface area contributed by atoms with E-state index < -0.39 is 15.6 Å². The first-order valence-corrected chi connectivity index (χ1v) is 5.89. The van der Waals surface area contributed by atoms with E-state index >= 15 is 0 Å². The summed E-state index contributed by atoms with van der Waals surface area (Å²) >= 11 is 0. The zero-order valence-corrected chi connectivity index (χ0v) is 8.33. The van der Waals surface area contributed by atoms with Crippen molar-refractivity contribution in [1.29, 1.82) is 0 Å². The van der Waals surface area contributed by atoms with Crippen molar-refractivity contribution in [1.82, 2.24) is 0 Å². The SMILES string of the molecule is CCOP(=O)(O)OP(=O)(O)OC. The Morgan fingerprint density at radius 3 is 2.08 bits per heavy atom. The van der Waals surface area contributed by atoms with E-state index in [1.807, 2.05) is 0 Å². The molecular weight excluding hydrogens is 210 g/mol. The van der Waals surface area contributed by atoms with Gasteiger partial charge in [0.15, 0.2) is 0 Å². The molecule has 0 heterocycles. The molecule has 0 aliphatic heterocycles. The maximum Gasteiger partial charge on any atom is 0.481 e. The zero-order chi connectivity index (χ0) is 9.83. The van der Waals surface area contributed by atoms with Crippen LogP contribution >= 0.6 is 15.6 Å². The molecule has 0 aromatic heterocycles. The Morgan fingerprint density at radius 1 is 1.25 bits per heavy atom. The highest BCUT2D eigenvalue weighted by Crippen LogP contribution is 2.59. The lowest BCUT2D eigenvalue weighted by Gasteiger charge is -2.12. The van der Waals surface area contributed by atoms with Gasteiger partial charge in [0, 0.05) is 7.11 Å². The molecule has 0 fully saturated rings. The van der Waals surface area contributed by atoms with Crippen molar-refractivity contribution in [2.75, 3.05) is 13.7 Å². The lowest BCUT2D eigenvalue weighted by molar-refractivity contribution is 0.173. The van der Waals surface area contributed by atoms with Gasteiger partial charge in [0.2, 0.25) is 0 Å². The average Bonchev–Trinajstić information content (AvgIpc) is 1.85. The van der Waals surface area contributed by atoms with Crippen molar-refractivity contribution in [2.45, 2.75) is 6.92 Å². The molecule has 9 heteroatoms. The fourth-order valence-electron chi connectivity index (χ4n) is 0.350. The fraction of sp³-hybridized carbons (Fsp3) is 1.00. The molecule has 0 saturated carbocycles. The summed E-state index contributed by atoms with van der Waals surface area (Å²) in [6.07, 6.45) is 0. The first kappa shape index (κ1) is 12.3. The smallest absolute Gasteiger partial charge is 0.302 e. The minimum atomic E-state index is -4.47. The minimum Gasteiger partial charge on any atom is -0.302 e. The van der Waals surface area contributed by atoms with Crippen LogP contribution in [0.2, 0.25) is 0 Å². The Hall–Kier alpha value is 0.260. The lowest BCUT2D eigenvalue weighted by Crippen LogP contribution is -1.94. The molecular formula is C3H10O7P2. The van der Waals surface area contributed by atoms with Gasteiger partial charge in [-0.25, -0.2) is 9.13 Å². The van der Waals surface area contributed by atoms with Crippen LogP contribution in [0.5, 0.6) is 0 Å². The molecule has 12 heavy (non-hydrogen) atoms. The highest BCUT2D eigenvalue weighted by molar-refractivity contribution is 7.61. The van der Waals surface area contributed by atoms with Crippen molar-refractivity contribution in [3.05, 3.63) is 0 Å². The summed E-state index contributed by atoms with van der Waals surface area (Å²) in [5, 5.41) is 0. The molecule has 0 amide bonds. The van der Waals surface area contributed by atoms with Gasteiger partial charge in [-0.05, 0) is 6.92 Å². The molecule has 74 valence electrons. The maximum atomic E-state index is 10.7. The molecule has 2 N–H and O–H groups in total. The van der Waals surface area contributed by atoms with Crippen LogP contribution < -0.4 is 0 Å². The van der Waals surface area contributed by atoms with Crippen LogP contribution in [-0.2, 0) is 22.5 Å². The Balaban J connectivity index is 4.24. The predicted molar refractivity (Wildman–Crippen MR) is 39.4 cm³/mol. The fourth-order valence-corrected chi connectivity index (χ4v) is 2.18. The molecule has 7 nitrogen and oxygen atoms in total. The second kappa shape index (κ2) is 4.48. The third kappa shape index (κ3) is 5.00. The van der Waals surface area contributed by atoms with E-state index in [9.17, 15) is 9.13 Å². The highest BCUT2D eigenvalue weighted by Gasteiger charge is 2.33. The molecule has 0 aromatic carbocycles. The van der Waals surface area contributed by atoms with Crippen molar-refractivity contribution in [3.63, 3.8) is 0 Å². The highest BCUT2D eigenvalue weighted by atomic mass is 31.3. The third-order valence-electron chi connectivity index (χ3n) is 0.729. The molecule has 0 rings (SSSR count). The first-order valence-electron chi connectivity index (χ1n) is 2.90. The molecule has 0 spiro atoms. The maximum absolute atomic E-state index is 10.7. The van der Waals surface area contributed by atoms with Gasteiger partial charge in [-0.2, -0.15) is 4.31 Å². The van der Waals surface area contributed by atoms with Gasteiger partial charge in [0.1, 0.15) is 0 Å². The van der Waals surface area contributed by atoms with Crippen LogP contribution in [0.4, 0.5) is 0 Å². The second-order valence-corrected chi connectivity index (χ2v) is 4.77. The number of phosphoric ester groups is 2. The zero-order valence-electron chi connectivity index (χ0n) is 6.54. The Kier molecular flexibility index (Phi) is 4.58. The van der Waals surface area contributed by atoms with Gasteiger partial charge in [-0.3, -0.25) is 9.05 Å². The van der Waals surface area contributed by atoms with Gasteiger partial charge in [-0.15, -0.1) is 0 Å². The van der Waals surface area contributed by atoms with Crippen LogP contribution in [-0.4, -0.2) is 23.5 Å². The summed E-state index contributed by atoms with van der Waals surface area (Å²) in [5.41, 5.74) is 0. The van der Waals surface area contributed by atoms with Crippen LogP contribution in [0.3, 0.4) is 0 Å². The lowest BCUT2D eigenvalue weighted by atomic mass is 10.9. The largest absolute Gasteiger partial charge is 0.481 e. The van der Waals surface area contributed by atoms with E-state index in [1.165, 1.54) is 6.92 Å². The standard InChI is InChI=1S/C3H10O7P2/c1-3-9-12(6,7)10-11(4,5)8-2/h3H2,1-2H3,(H,4,5)(H,6,7). The van der Waals surface area contributed by atoms with E-state index in [0.717, 1.165) is 7.11 Å². The minimum absolute atomic E-state index is 0.114. The van der Waals surface area contributed by atoms with Gasteiger partial charge in [0.25, 0.3) is 0 Å². The number of phosphoric acid groups is 2. The van der Waals surface area contributed by atoms with Gasteiger partial charge in [-0.1, -0.05) is 0 Å². The summed E-state index contributed by atoms with van der Waals surface area (Å²) in [6, 6.07) is 0. The molecule has 0 bridgehead atoms. The van der Waals surface area contributed by atoms with E-state index in [-0.39, 0.29) is 6.61 Å². The number of hydrogen-bond donors (Lipinski definition) is 2. The number of rotatable bonds is 5. The topological polar surface area (TPSA) is 102 Å². The van der Waals surface area contributed by atoms with Crippen molar-refractivity contribution < 1.29 is 32.3 Å². The average molecular weight is 220 g/mol. The second-order valence-electron chi connectivity index (χ2n) is 1.62. The van der Waals surface area contributed by atoms with Gasteiger partial charge < -0.3 is 9.79 Å². The van der Waals surface area contributed by atoms with Crippen molar-refractivity contribution in [2.24, 2.45) is 0 Å². The Morgan fingerprint density at radius 2 is 1.75 bits per heavy atom. The monoisotopic (exact) mass is 220 g/mol. The summed E-state index contributed by atoms with van der Waals surface area (Å²) in [7, 11) is -8.06.